The van der Waals surface area contributed by atoms with Crippen LogP contribution in [-0.4, -0.2) is 97.6 Å². The van der Waals surface area contributed by atoms with E-state index in [9.17, 15) is 44.1 Å². The molecule has 3 aliphatic heterocycles. The summed E-state index contributed by atoms with van der Waals surface area (Å²) in [5, 5.41) is 40.5. The number of aliphatic hydroxyl groups excluding tert-OH is 4. The van der Waals surface area contributed by atoms with Crippen molar-refractivity contribution < 1.29 is 67.0 Å². The average molecular weight is 577 g/mol. The summed E-state index contributed by atoms with van der Waals surface area (Å²) < 4.78 is 48.1. The monoisotopic (exact) mass is 577 g/mol. The lowest BCUT2D eigenvalue weighted by Gasteiger charge is -2.41. The predicted octanol–water partition coefficient (Wildman–Crippen LogP) is -2.37. The van der Waals surface area contributed by atoms with E-state index < -0.39 is 77.1 Å². The Morgan fingerprint density at radius 3 is 2.58 bits per heavy atom. The molecule has 0 saturated carbocycles. The normalized spacial score (nSPS) is 38.8. The number of amides is 1. The third kappa shape index (κ3) is 6.95. The Hall–Kier alpha value is -0.880. The Balaban J connectivity index is 1.56. The fourth-order valence-electron chi connectivity index (χ4n) is 3.55. The molecule has 2 saturated heterocycles. The molecule has 3 aliphatic rings. The van der Waals surface area contributed by atoms with Crippen molar-refractivity contribution in [3.8, 4) is 0 Å². The van der Waals surface area contributed by atoms with Crippen molar-refractivity contribution in [3.05, 3.63) is 24.2 Å². The van der Waals surface area contributed by atoms with E-state index in [4.69, 9.17) is 9.47 Å². The second-order valence-electron chi connectivity index (χ2n) is 8.15. The highest BCUT2D eigenvalue weighted by atomic mass is 32.1. The molecule has 1 amide bonds. The molecule has 0 bridgehead atoms. The van der Waals surface area contributed by atoms with Gasteiger partial charge in [0.25, 0.3) is 13.7 Å². The molecule has 206 valence electrons. The summed E-state index contributed by atoms with van der Waals surface area (Å²) in [6.07, 6.45) is -8.44. The topological polar surface area (TPSA) is 237 Å². The Kier molecular flexibility index (Phi) is 9.46. The molecule has 0 radical (unpaired) electrons. The Labute approximate surface area is 210 Å². The number of nitrogens with zero attached hydrogens (tertiary/aromatic N) is 1. The maximum Gasteiger partial charge on any atom is 0.478 e. The number of hydrogen-bond donors (Lipinski definition) is 7. The molecule has 6 N–H and O–H groups in total. The van der Waals surface area contributed by atoms with Crippen LogP contribution in [-0.2, 0) is 36.8 Å². The number of ether oxygens (including phenoxy) is 2. The summed E-state index contributed by atoms with van der Waals surface area (Å²) in [7, 11) is -11.0. The van der Waals surface area contributed by atoms with Gasteiger partial charge in [0.05, 0.1) is 30.7 Å². The van der Waals surface area contributed by atoms with Crippen LogP contribution in [0.15, 0.2) is 24.2 Å². The van der Waals surface area contributed by atoms with E-state index in [1.165, 1.54) is 11.1 Å². The van der Waals surface area contributed by atoms with Crippen LogP contribution in [0.4, 0.5) is 0 Å². The zero-order chi connectivity index (χ0) is 27.0. The van der Waals surface area contributed by atoms with E-state index in [-0.39, 0.29) is 18.1 Å². The number of aliphatic hydroxyl groups is 4. The van der Waals surface area contributed by atoms with E-state index in [0.717, 1.165) is 0 Å². The highest BCUT2D eigenvalue weighted by molar-refractivity contribution is 7.81. The van der Waals surface area contributed by atoms with Gasteiger partial charge < -0.3 is 49.9 Å². The van der Waals surface area contributed by atoms with Crippen LogP contribution in [0.5, 0.6) is 0 Å². The predicted molar refractivity (Wildman–Crippen MR) is 118 cm³/mol. The van der Waals surface area contributed by atoms with E-state index in [0.29, 0.717) is 5.57 Å². The zero-order valence-electron chi connectivity index (χ0n) is 18.7. The number of phosphoric ester groups is 2. The molecule has 19 heteroatoms. The molecule has 16 nitrogen and oxygen atoms in total. The van der Waals surface area contributed by atoms with Crippen LogP contribution in [0, 0.1) is 0 Å². The Morgan fingerprint density at radius 1 is 1.28 bits per heavy atom. The number of rotatable bonds is 9. The maximum atomic E-state index is 12.2. The minimum atomic E-state index is -5.68. The number of nitrogens with one attached hydrogen (secondary N) is 1. The maximum absolute atomic E-state index is 12.2. The molecular weight excluding hydrogens is 550 g/mol. The average Bonchev–Trinajstić information content (AvgIpc) is 3.14. The SMILES string of the molecule is C=C1NC(=O)C(C)=CN1[C@H]1C[C@@H](O)[C@@H](COP(=O)(O)OP(=O)([O-])O[C@@H]2OC(CO)[C@H](O)[C@H](S)C2O)O1. The summed E-state index contributed by atoms with van der Waals surface area (Å²) in [6.45, 7) is 3.68. The molecular formula is C17H27N2O14P2S-. The van der Waals surface area contributed by atoms with Gasteiger partial charge in [-0.05, 0) is 6.92 Å². The second kappa shape index (κ2) is 11.5. The lowest BCUT2D eigenvalue weighted by Crippen LogP contribution is -2.57. The highest BCUT2D eigenvalue weighted by Gasteiger charge is 2.46. The van der Waals surface area contributed by atoms with Gasteiger partial charge in [-0.1, -0.05) is 6.58 Å². The van der Waals surface area contributed by atoms with Gasteiger partial charge in [0.15, 0.2) is 6.29 Å². The van der Waals surface area contributed by atoms with Crippen LogP contribution >= 0.6 is 28.3 Å². The summed E-state index contributed by atoms with van der Waals surface area (Å²) in [5.74, 6) is -0.187. The number of carbonyl (C=O) groups is 1. The zero-order valence-corrected chi connectivity index (χ0v) is 21.4. The molecule has 0 aromatic heterocycles. The van der Waals surface area contributed by atoms with Crippen molar-refractivity contribution in [1.29, 1.82) is 0 Å². The van der Waals surface area contributed by atoms with Crippen LogP contribution in [0.3, 0.4) is 0 Å². The van der Waals surface area contributed by atoms with Crippen molar-refractivity contribution in [2.24, 2.45) is 0 Å². The molecule has 0 aromatic rings. The van der Waals surface area contributed by atoms with Gasteiger partial charge in [-0.15, -0.1) is 0 Å². The minimum absolute atomic E-state index is 0.00782. The van der Waals surface area contributed by atoms with Crippen molar-refractivity contribution in [2.45, 2.75) is 61.6 Å². The van der Waals surface area contributed by atoms with Crippen LogP contribution in [0.1, 0.15) is 13.3 Å². The van der Waals surface area contributed by atoms with Gasteiger partial charge in [0, 0.05) is 18.2 Å². The fraction of sp³-hybridized carbons (Fsp3) is 0.706. The van der Waals surface area contributed by atoms with Crippen LogP contribution in [0.25, 0.3) is 0 Å². The van der Waals surface area contributed by atoms with E-state index >= 15 is 0 Å². The van der Waals surface area contributed by atoms with Gasteiger partial charge in [0.2, 0.25) is 0 Å². The quantitative estimate of drug-likeness (QED) is 0.112. The molecule has 0 aromatic carbocycles. The molecule has 10 atom stereocenters. The Bertz CT molecular complexity index is 981. The third-order valence-corrected chi connectivity index (χ3v) is 8.64. The summed E-state index contributed by atoms with van der Waals surface area (Å²) >= 11 is 3.91. The van der Waals surface area contributed by atoms with E-state index in [2.05, 4.69) is 37.9 Å². The first kappa shape index (κ1) is 29.7. The van der Waals surface area contributed by atoms with E-state index in [1.54, 1.807) is 6.92 Å². The van der Waals surface area contributed by atoms with E-state index in [1.807, 2.05) is 0 Å². The first-order chi connectivity index (χ1) is 16.6. The first-order valence-corrected chi connectivity index (χ1v) is 13.9. The molecule has 36 heavy (non-hydrogen) atoms. The van der Waals surface area contributed by atoms with Crippen molar-refractivity contribution in [2.75, 3.05) is 13.2 Å². The van der Waals surface area contributed by atoms with Gasteiger partial charge >= 0.3 is 7.82 Å². The third-order valence-electron chi connectivity index (χ3n) is 5.46. The van der Waals surface area contributed by atoms with Crippen molar-refractivity contribution in [1.82, 2.24) is 10.2 Å². The van der Waals surface area contributed by atoms with Gasteiger partial charge in [-0.25, -0.2) is 8.88 Å². The number of thiol groups is 1. The smallest absolute Gasteiger partial charge is 0.478 e. The number of phosphoric acid groups is 2. The number of hydrogen-bond acceptors (Lipinski definition) is 15. The second-order valence-corrected chi connectivity index (χ2v) is 11.7. The lowest BCUT2D eigenvalue weighted by molar-refractivity contribution is -0.278. The molecule has 2 fully saturated rings. The lowest BCUT2D eigenvalue weighted by atomic mass is 10.0. The molecule has 0 aliphatic carbocycles. The molecule has 3 rings (SSSR count). The largest absolute Gasteiger partial charge is 0.756 e. The van der Waals surface area contributed by atoms with Crippen LogP contribution < -0.4 is 10.2 Å². The van der Waals surface area contributed by atoms with Gasteiger partial charge in [0.1, 0.15) is 30.4 Å². The number of carbonyl (C=O) groups excluding carboxylic acids is 1. The van der Waals surface area contributed by atoms with Crippen LogP contribution in [0.2, 0.25) is 0 Å². The summed E-state index contributed by atoms with van der Waals surface area (Å²) in [5.41, 5.74) is 0.343. The first-order valence-electron chi connectivity index (χ1n) is 10.4. The summed E-state index contributed by atoms with van der Waals surface area (Å²) in [4.78, 5) is 35.1. The van der Waals surface area contributed by atoms with Gasteiger partial charge in [-0.3, -0.25) is 18.4 Å². The standard InChI is InChI=1S/C17H28N2O14P2S/c1-7-4-19(8(2)18-16(7)24)12-3-9(21)11(30-12)6-29-34(25,26)33-35(27,28)32-17-14(23)15(36)13(22)10(5-20)31-17/h4,9-15,17,20-23,36H,2-3,5-6H2,1H3,(H,18,24)(H,25,26)(H,27,28)/p-1/t9-,10?,11-,12-,13+,14?,15+,17+/m1/s1. The molecule has 3 heterocycles. The fourth-order valence-corrected chi connectivity index (χ4v) is 6.00. The van der Waals surface area contributed by atoms with Crippen molar-refractivity contribution in [3.63, 3.8) is 0 Å². The van der Waals surface area contributed by atoms with Crippen molar-refractivity contribution >= 4 is 34.2 Å². The minimum Gasteiger partial charge on any atom is -0.756 e. The molecule has 0 spiro atoms. The van der Waals surface area contributed by atoms with Gasteiger partial charge in [-0.2, -0.15) is 12.6 Å². The molecule has 4 unspecified atom stereocenters. The highest BCUT2D eigenvalue weighted by Crippen LogP contribution is 2.59. The summed E-state index contributed by atoms with van der Waals surface area (Å²) in [6, 6.07) is 0. The Morgan fingerprint density at radius 2 is 1.94 bits per heavy atom.